The number of nitrogens with one attached hydrogen (secondary N) is 1. The summed E-state index contributed by atoms with van der Waals surface area (Å²) in [5.74, 6) is -0.645. The average molecular weight is 359 g/mol. The number of rotatable bonds is 3. The molecule has 0 radical (unpaired) electrons. The van der Waals surface area contributed by atoms with E-state index >= 15 is 0 Å². The molecule has 0 bridgehead atoms. The van der Waals surface area contributed by atoms with Crippen molar-refractivity contribution in [1.29, 1.82) is 0 Å². The second kappa shape index (κ2) is 5.68. The van der Waals surface area contributed by atoms with Crippen molar-refractivity contribution in [2.45, 2.75) is 4.90 Å². The van der Waals surface area contributed by atoms with Crippen LogP contribution in [0.2, 0.25) is 0 Å². The molecule has 0 aliphatic rings. The zero-order chi connectivity index (χ0) is 14.8. The number of hydrogen-bond donors (Lipinski definition) is 1. The molecule has 1 heterocycles. The van der Waals surface area contributed by atoms with Gasteiger partial charge in [-0.3, -0.25) is 4.79 Å². The van der Waals surface area contributed by atoms with Crippen LogP contribution in [-0.4, -0.2) is 19.3 Å². The minimum Gasteiger partial charge on any atom is -0.319 e. The van der Waals surface area contributed by atoms with Gasteiger partial charge in [-0.2, -0.15) is 8.42 Å². The highest BCUT2D eigenvalue weighted by Crippen LogP contribution is 2.24. The Bertz CT molecular complexity index is 765. The normalized spacial score (nSPS) is 11.1. The number of carbonyl (C=O) groups excluding carboxylic acids is 1. The Morgan fingerprint density at radius 2 is 1.90 bits per heavy atom. The van der Waals surface area contributed by atoms with Crippen LogP contribution in [0, 0.1) is 0 Å². The molecule has 0 fully saturated rings. The average Bonchev–Trinajstić information content (AvgIpc) is 2.38. The quantitative estimate of drug-likeness (QED) is 0.855. The Hall–Kier alpha value is -1.80. The number of halogens is 2. The zero-order valence-corrected chi connectivity index (χ0v) is 12.3. The molecule has 0 saturated carbocycles. The number of benzene rings is 1. The van der Waals surface area contributed by atoms with E-state index in [-0.39, 0.29) is 11.4 Å². The van der Waals surface area contributed by atoms with Crippen LogP contribution in [0.1, 0.15) is 10.5 Å². The summed E-state index contributed by atoms with van der Waals surface area (Å²) in [6.07, 6.45) is 1.41. The largest absolute Gasteiger partial charge is 0.334 e. The highest BCUT2D eigenvalue weighted by atomic mass is 79.9. The molecular weight excluding hydrogens is 351 g/mol. The van der Waals surface area contributed by atoms with Crippen molar-refractivity contribution < 1.29 is 17.1 Å². The van der Waals surface area contributed by atoms with Crippen LogP contribution in [0.3, 0.4) is 0 Å². The van der Waals surface area contributed by atoms with E-state index in [0.717, 1.165) is 6.07 Å². The fourth-order valence-corrected chi connectivity index (χ4v) is 2.57. The van der Waals surface area contributed by atoms with E-state index in [1.165, 1.54) is 24.4 Å². The first-order chi connectivity index (χ1) is 9.39. The van der Waals surface area contributed by atoms with Crippen LogP contribution < -0.4 is 5.32 Å². The van der Waals surface area contributed by atoms with Crippen molar-refractivity contribution in [2.24, 2.45) is 0 Å². The molecule has 1 N–H and O–H groups in total. The molecule has 8 heteroatoms. The third-order valence-electron chi connectivity index (χ3n) is 2.37. The smallest absolute Gasteiger partial charge is 0.319 e. The molecule has 0 saturated heterocycles. The minimum absolute atomic E-state index is 0.0681. The van der Waals surface area contributed by atoms with Gasteiger partial charge >= 0.3 is 10.2 Å². The molecule has 2 rings (SSSR count). The maximum atomic E-state index is 13.1. The fourth-order valence-electron chi connectivity index (χ4n) is 1.52. The topological polar surface area (TPSA) is 76.1 Å². The SMILES string of the molecule is O=C(Nc1ccccc1S(=O)(=O)F)c1ncccc1Br. The summed E-state index contributed by atoms with van der Waals surface area (Å²) in [5.41, 5.74) is -0.0730. The second-order valence-electron chi connectivity index (χ2n) is 3.72. The van der Waals surface area contributed by atoms with Crippen molar-refractivity contribution >= 4 is 37.7 Å². The van der Waals surface area contributed by atoms with Gasteiger partial charge in [0.15, 0.2) is 0 Å². The van der Waals surface area contributed by atoms with Gasteiger partial charge in [0.05, 0.1) is 5.69 Å². The highest BCUT2D eigenvalue weighted by molar-refractivity contribution is 9.10. The lowest BCUT2D eigenvalue weighted by atomic mass is 10.3. The van der Waals surface area contributed by atoms with Gasteiger partial charge in [-0.1, -0.05) is 12.1 Å². The van der Waals surface area contributed by atoms with Crippen LogP contribution in [0.4, 0.5) is 9.57 Å². The first-order valence-electron chi connectivity index (χ1n) is 5.35. The van der Waals surface area contributed by atoms with Gasteiger partial charge in [0.25, 0.3) is 5.91 Å². The standard InChI is InChI=1S/C12H8BrFN2O3S/c13-8-4-3-7-15-11(8)12(17)16-9-5-1-2-6-10(9)20(14,18)19/h1-7H,(H,16,17). The minimum atomic E-state index is -4.92. The zero-order valence-electron chi connectivity index (χ0n) is 9.88. The van der Waals surface area contributed by atoms with Gasteiger partial charge in [-0.05, 0) is 40.2 Å². The molecule has 5 nitrogen and oxygen atoms in total. The highest BCUT2D eigenvalue weighted by Gasteiger charge is 2.19. The van der Waals surface area contributed by atoms with Crippen molar-refractivity contribution in [3.05, 3.63) is 52.8 Å². The number of nitrogens with zero attached hydrogens (tertiary/aromatic N) is 1. The van der Waals surface area contributed by atoms with Crippen molar-refractivity contribution in [3.63, 3.8) is 0 Å². The van der Waals surface area contributed by atoms with Crippen LogP contribution in [0.5, 0.6) is 0 Å². The number of aromatic nitrogens is 1. The number of para-hydroxylation sites is 1. The van der Waals surface area contributed by atoms with Crippen LogP contribution in [0.25, 0.3) is 0 Å². The molecule has 0 spiro atoms. The van der Waals surface area contributed by atoms with Gasteiger partial charge in [0.2, 0.25) is 0 Å². The fraction of sp³-hybridized carbons (Fsp3) is 0. The van der Waals surface area contributed by atoms with Crippen molar-refractivity contribution in [2.75, 3.05) is 5.32 Å². The number of anilines is 1. The number of amides is 1. The van der Waals surface area contributed by atoms with E-state index in [9.17, 15) is 17.1 Å². The molecular formula is C12H8BrFN2O3S. The first kappa shape index (κ1) is 14.6. The third kappa shape index (κ3) is 3.20. The van der Waals surface area contributed by atoms with Gasteiger partial charge < -0.3 is 5.32 Å². The molecule has 1 aromatic carbocycles. The predicted molar refractivity (Wildman–Crippen MR) is 74.6 cm³/mol. The lowest BCUT2D eigenvalue weighted by Gasteiger charge is -2.08. The van der Waals surface area contributed by atoms with Crippen molar-refractivity contribution in [3.8, 4) is 0 Å². The van der Waals surface area contributed by atoms with E-state index in [1.807, 2.05) is 0 Å². The molecule has 20 heavy (non-hydrogen) atoms. The summed E-state index contributed by atoms with van der Waals surface area (Å²) in [7, 11) is -4.92. The molecule has 0 aliphatic heterocycles. The van der Waals surface area contributed by atoms with E-state index in [0.29, 0.717) is 4.47 Å². The Kier molecular flexibility index (Phi) is 4.15. The third-order valence-corrected chi connectivity index (χ3v) is 3.89. The van der Waals surface area contributed by atoms with Crippen LogP contribution in [0.15, 0.2) is 52.0 Å². The number of pyridine rings is 1. The molecule has 0 unspecified atom stereocenters. The predicted octanol–water partition coefficient (Wildman–Crippen LogP) is 2.75. The van der Waals surface area contributed by atoms with Gasteiger partial charge in [0.1, 0.15) is 10.6 Å². The molecule has 104 valence electrons. The molecule has 0 atom stereocenters. The van der Waals surface area contributed by atoms with Gasteiger partial charge in [-0.15, -0.1) is 3.89 Å². The number of carbonyl (C=O) groups is 1. The van der Waals surface area contributed by atoms with E-state index in [2.05, 4.69) is 26.2 Å². The molecule has 1 amide bonds. The van der Waals surface area contributed by atoms with Crippen LogP contribution >= 0.6 is 15.9 Å². The summed E-state index contributed by atoms with van der Waals surface area (Å²) in [6.45, 7) is 0. The van der Waals surface area contributed by atoms with E-state index < -0.39 is 21.0 Å². The molecule has 1 aromatic heterocycles. The number of hydrogen-bond acceptors (Lipinski definition) is 4. The summed E-state index contributed by atoms with van der Waals surface area (Å²) >= 11 is 3.15. The summed E-state index contributed by atoms with van der Waals surface area (Å²) in [4.78, 5) is 15.3. The summed E-state index contributed by atoms with van der Waals surface area (Å²) in [6, 6.07) is 8.44. The lowest BCUT2D eigenvalue weighted by Crippen LogP contribution is -2.15. The van der Waals surface area contributed by atoms with Crippen LogP contribution in [-0.2, 0) is 10.2 Å². The first-order valence-corrected chi connectivity index (χ1v) is 7.53. The summed E-state index contributed by atoms with van der Waals surface area (Å²) in [5, 5.41) is 2.32. The molecule has 0 aliphatic carbocycles. The Labute approximate surface area is 123 Å². The lowest BCUT2D eigenvalue weighted by molar-refractivity contribution is 0.102. The summed E-state index contributed by atoms with van der Waals surface area (Å²) < 4.78 is 35.5. The Balaban J connectivity index is 2.37. The van der Waals surface area contributed by atoms with E-state index in [4.69, 9.17) is 0 Å². The second-order valence-corrected chi connectivity index (χ2v) is 5.89. The van der Waals surface area contributed by atoms with Gasteiger partial charge in [0, 0.05) is 10.7 Å². The maximum Gasteiger partial charge on any atom is 0.334 e. The Morgan fingerprint density at radius 3 is 2.55 bits per heavy atom. The Morgan fingerprint density at radius 1 is 1.20 bits per heavy atom. The monoisotopic (exact) mass is 358 g/mol. The van der Waals surface area contributed by atoms with Gasteiger partial charge in [-0.25, -0.2) is 4.98 Å². The maximum absolute atomic E-state index is 13.1. The van der Waals surface area contributed by atoms with Crippen molar-refractivity contribution in [1.82, 2.24) is 4.98 Å². The molecule has 2 aromatic rings. The van der Waals surface area contributed by atoms with E-state index in [1.54, 1.807) is 12.1 Å².